The molecular weight excluding hydrogens is 211 g/mol. The van der Waals surface area contributed by atoms with Crippen LogP contribution < -0.4 is 0 Å². The Bertz CT molecular complexity index is 165. The van der Waals surface area contributed by atoms with Crippen molar-refractivity contribution >= 4 is 21.9 Å². The quantitative estimate of drug-likeness (QED) is 0.585. The Morgan fingerprint density at radius 1 is 0.900 bits per heavy atom. The lowest BCUT2D eigenvalue weighted by atomic mass is 13.9. The van der Waals surface area contributed by atoms with Crippen molar-refractivity contribution in [3.05, 3.63) is 0 Å². The third-order valence-corrected chi connectivity index (χ3v) is 1.77. The molecule has 10 heavy (non-hydrogen) atoms. The molecular formula is F7NS2. The zero-order chi connectivity index (χ0) is 8.69. The molecule has 0 unspecified atom stereocenters. The van der Waals surface area contributed by atoms with Gasteiger partial charge in [0.25, 0.3) is 11.5 Å². The Labute approximate surface area is 53.8 Å². The zero-order valence-electron chi connectivity index (χ0n) is 3.91. The highest BCUT2D eigenvalue weighted by Gasteiger charge is 2.65. The van der Waals surface area contributed by atoms with E-state index in [1.807, 2.05) is 0 Å². The summed E-state index contributed by atoms with van der Waals surface area (Å²) in [6, 6.07) is 0. The van der Waals surface area contributed by atoms with Gasteiger partial charge in [0.05, 0.1) is 0 Å². The monoisotopic (exact) mass is 211 g/mol. The maximum absolute atomic E-state index is 10.8. The lowest BCUT2D eigenvalue weighted by Gasteiger charge is -2.33. The highest BCUT2D eigenvalue weighted by atomic mass is 32.5. The van der Waals surface area contributed by atoms with Crippen LogP contribution in [0.1, 0.15) is 0 Å². The van der Waals surface area contributed by atoms with Crippen molar-refractivity contribution in [1.82, 2.24) is 0 Å². The molecule has 0 aromatic carbocycles. The molecule has 0 atom stereocenters. The zero-order valence-corrected chi connectivity index (χ0v) is 5.54. The van der Waals surface area contributed by atoms with Gasteiger partial charge in [-0.05, 0) is 3.77 Å². The van der Waals surface area contributed by atoms with Gasteiger partial charge in [0.1, 0.15) is 0 Å². The molecule has 0 saturated carbocycles. The minimum absolute atomic E-state index is 0.153. The minimum Gasteiger partial charge on any atom is -0.117 e. The molecule has 0 saturated heterocycles. The molecule has 10 heteroatoms. The number of rotatable bonds is 1. The molecule has 0 N–H and O–H groups in total. The number of nitrogens with zero attached hydrogens (tertiary/aromatic N) is 1. The van der Waals surface area contributed by atoms with Gasteiger partial charge in [-0.25, -0.2) is 0 Å². The van der Waals surface area contributed by atoms with Gasteiger partial charge in [0, 0.05) is 0 Å². The summed E-state index contributed by atoms with van der Waals surface area (Å²) in [7, 11) is -10.2. The van der Waals surface area contributed by atoms with Crippen LogP contribution in [0.25, 0.3) is 0 Å². The fraction of sp³-hybridized carbons (Fsp3) is 0. The van der Waals surface area contributed by atoms with Gasteiger partial charge in [0.2, 0.25) is 0 Å². The van der Waals surface area contributed by atoms with Crippen LogP contribution in [0.2, 0.25) is 0 Å². The Hall–Kier alpha value is 0.01000. The molecule has 0 heterocycles. The molecule has 0 aliphatic rings. The number of halogens is 7. The summed E-state index contributed by atoms with van der Waals surface area (Å²) in [6.07, 6.45) is 0. The average Bonchev–Trinajstić information content (AvgIpc) is 1.12. The van der Waals surface area contributed by atoms with E-state index in [0.29, 0.717) is 0 Å². The first-order valence-electron chi connectivity index (χ1n) is 1.45. The topological polar surface area (TPSA) is 12.4 Å². The summed E-state index contributed by atoms with van der Waals surface area (Å²) in [5, 5.41) is 0. The van der Waals surface area contributed by atoms with E-state index in [-0.39, 0.29) is 3.77 Å². The largest absolute Gasteiger partial charge is 0.391 e. The number of hydrogen-bond acceptors (Lipinski definition) is 1. The summed E-state index contributed by atoms with van der Waals surface area (Å²) >= 11 is -4.66. The molecule has 66 valence electrons. The first-order chi connectivity index (χ1) is 3.89. The van der Waals surface area contributed by atoms with Gasteiger partial charge in [-0.15, -0.1) is 7.77 Å². The normalized spacial score (nSPS) is 20.0. The summed E-state index contributed by atoms with van der Waals surface area (Å²) in [5.41, 5.74) is 0. The van der Waals surface area contributed by atoms with Crippen molar-refractivity contribution in [1.29, 1.82) is 0 Å². The van der Waals surface area contributed by atoms with Crippen LogP contribution in [0, 0.1) is 0 Å². The maximum atomic E-state index is 10.8. The van der Waals surface area contributed by atoms with E-state index >= 15 is 0 Å². The van der Waals surface area contributed by atoms with Gasteiger partial charge >= 0.3 is 10.4 Å². The molecule has 0 aliphatic heterocycles. The van der Waals surface area contributed by atoms with E-state index in [9.17, 15) is 27.2 Å². The van der Waals surface area contributed by atoms with Crippen molar-refractivity contribution in [2.45, 2.75) is 0 Å². The molecule has 0 aliphatic carbocycles. The van der Waals surface area contributed by atoms with Crippen LogP contribution >= 0.6 is 10.4 Å². The van der Waals surface area contributed by atoms with Crippen molar-refractivity contribution in [3.63, 3.8) is 0 Å². The fourth-order valence-electron chi connectivity index (χ4n) is 0.106. The Morgan fingerprint density at radius 2 is 1.20 bits per heavy atom. The highest BCUT2D eigenvalue weighted by molar-refractivity contribution is 8.46. The van der Waals surface area contributed by atoms with Crippen molar-refractivity contribution < 1.29 is 27.2 Å². The van der Waals surface area contributed by atoms with Gasteiger partial charge in [-0.2, -0.15) is 0 Å². The second-order valence-corrected chi connectivity index (χ2v) is 4.04. The molecule has 0 fully saturated rings. The predicted octanol–water partition coefficient (Wildman–Crippen LogP) is 3.77. The second-order valence-electron chi connectivity index (χ2n) is 1.20. The third-order valence-electron chi connectivity index (χ3n) is 0.197. The molecule has 0 spiro atoms. The van der Waals surface area contributed by atoms with Crippen LogP contribution in [0.15, 0.2) is 3.77 Å². The highest BCUT2D eigenvalue weighted by Crippen LogP contribution is 2.99. The van der Waals surface area contributed by atoms with E-state index < -0.39 is 21.9 Å². The first kappa shape index (κ1) is 10.0. The fourth-order valence-corrected chi connectivity index (χ4v) is 0.958. The summed E-state index contributed by atoms with van der Waals surface area (Å²) in [5.74, 6) is 0. The maximum Gasteiger partial charge on any atom is 0.391 e. The molecule has 0 aromatic rings. The lowest BCUT2D eigenvalue weighted by molar-refractivity contribution is 0.368. The summed E-state index contributed by atoms with van der Waals surface area (Å²) < 4.78 is 75.7. The Kier molecular flexibility index (Phi) is 1.60. The van der Waals surface area contributed by atoms with Crippen LogP contribution in [0.5, 0.6) is 0 Å². The van der Waals surface area contributed by atoms with Gasteiger partial charge in [0.15, 0.2) is 0 Å². The minimum atomic E-state index is -10.2. The standard InChI is InChI=1S/F7NS2/c1-9(2)8-10(3,4,5,6)7. The summed E-state index contributed by atoms with van der Waals surface area (Å²) in [4.78, 5) is 0. The smallest absolute Gasteiger partial charge is 0.117 e. The van der Waals surface area contributed by atoms with E-state index in [1.165, 1.54) is 0 Å². The van der Waals surface area contributed by atoms with Gasteiger partial charge in [-0.3, -0.25) is 0 Å². The third kappa shape index (κ3) is 8.01. The van der Waals surface area contributed by atoms with Gasteiger partial charge < -0.3 is 0 Å². The second kappa shape index (κ2) is 1.60. The van der Waals surface area contributed by atoms with Crippen LogP contribution in [-0.2, 0) is 11.5 Å². The number of hydrogen-bond donors (Lipinski definition) is 0. The molecule has 0 aromatic heterocycles. The van der Waals surface area contributed by atoms with Crippen molar-refractivity contribution in [2.24, 2.45) is 3.77 Å². The van der Waals surface area contributed by atoms with E-state index in [1.54, 1.807) is 0 Å². The predicted molar refractivity (Wildman–Crippen MR) is 25.1 cm³/mol. The van der Waals surface area contributed by atoms with E-state index in [0.717, 1.165) is 0 Å². The lowest BCUT2D eigenvalue weighted by Crippen LogP contribution is -1.99. The van der Waals surface area contributed by atoms with Crippen LogP contribution in [0.3, 0.4) is 0 Å². The first-order valence-corrected chi connectivity index (χ1v) is 4.34. The van der Waals surface area contributed by atoms with Crippen LogP contribution in [-0.4, -0.2) is 0 Å². The van der Waals surface area contributed by atoms with Gasteiger partial charge in [-0.1, -0.05) is 19.4 Å². The van der Waals surface area contributed by atoms with E-state index in [2.05, 4.69) is 0 Å². The van der Waals surface area contributed by atoms with Crippen LogP contribution in [0.4, 0.5) is 27.2 Å². The van der Waals surface area contributed by atoms with Crippen molar-refractivity contribution in [3.8, 4) is 0 Å². The van der Waals surface area contributed by atoms with E-state index in [4.69, 9.17) is 0 Å². The Balaban J connectivity index is 4.96. The Morgan fingerprint density at radius 3 is 1.20 bits per heavy atom. The molecule has 0 bridgehead atoms. The van der Waals surface area contributed by atoms with Crippen molar-refractivity contribution in [2.75, 3.05) is 0 Å². The SMILES string of the molecule is FS(F)=NS(F)(F)(F)(F)F. The molecule has 0 rings (SSSR count). The average molecular weight is 211 g/mol. The molecule has 0 radical (unpaired) electrons. The molecule has 1 nitrogen and oxygen atoms in total. The molecule has 0 amide bonds. The summed E-state index contributed by atoms with van der Waals surface area (Å²) in [6.45, 7) is 0.